The summed E-state index contributed by atoms with van der Waals surface area (Å²) in [7, 11) is -3.68. The molecule has 1 amide bonds. The van der Waals surface area contributed by atoms with Crippen molar-refractivity contribution < 1.29 is 39.9 Å². The number of benzene rings is 2. The quantitative estimate of drug-likeness (QED) is 0.136. The molecule has 1 aliphatic carbocycles. The Morgan fingerprint density at radius 3 is 2.26 bits per heavy atom. The van der Waals surface area contributed by atoms with Crippen molar-refractivity contribution in [2.45, 2.75) is 95.8 Å². The Morgan fingerprint density at radius 2 is 1.68 bits per heavy atom. The number of alkyl carbamates (subject to hydrolysis) is 1. The highest BCUT2D eigenvalue weighted by molar-refractivity contribution is 7.92. The van der Waals surface area contributed by atoms with Crippen molar-refractivity contribution in [2.75, 3.05) is 12.0 Å². The number of carbonyl (C=O) groups excluding carboxylic acids is 1. The average molecular weight is 780 g/mol. The van der Waals surface area contributed by atoms with Gasteiger partial charge >= 0.3 is 6.09 Å². The van der Waals surface area contributed by atoms with Crippen molar-refractivity contribution in [3.8, 4) is 23.0 Å². The van der Waals surface area contributed by atoms with Gasteiger partial charge in [-0.05, 0) is 108 Å². The van der Waals surface area contributed by atoms with Crippen LogP contribution in [-0.2, 0) is 33.8 Å². The highest BCUT2D eigenvalue weighted by Gasteiger charge is 2.34. The zero-order valence-electron chi connectivity index (χ0n) is 29.9. The normalized spacial score (nSPS) is 14.7. The van der Waals surface area contributed by atoms with Gasteiger partial charge in [0.25, 0.3) is 12.7 Å². The second kappa shape index (κ2) is 14.8. The highest BCUT2D eigenvalue weighted by atomic mass is 35.5. The summed E-state index contributed by atoms with van der Waals surface area (Å²) in [6.45, 7) is 7.78. The first-order chi connectivity index (χ1) is 24.6. The smallest absolute Gasteiger partial charge is 0.408 e. The molecule has 0 aliphatic heterocycles. The molecule has 0 saturated heterocycles. The zero-order chi connectivity index (χ0) is 39.2. The minimum absolute atomic E-state index is 0.00139. The average Bonchev–Trinajstić information content (AvgIpc) is 3.39. The van der Waals surface area contributed by atoms with Crippen LogP contribution in [0.4, 0.5) is 32.6 Å². The number of rotatable bonds is 8. The van der Waals surface area contributed by atoms with Crippen molar-refractivity contribution in [2.24, 2.45) is 0 Å². The van der Waals surface area contributed by atoms with Crippen LogP contribution < -0.4 is 11.1 Å². The number of anilines is 1. The number of aromatic nitrogens is 3. The molecule has 1 unspecified atom stereocenters. The lowest BCUT2D eigenvalue weighted by atomic mass is 9.82. The summed E-state index contributed by atoms with van der Waals surface area (Å²) >= 11 is 6.51. The number of nitrogens with two attached hydrogens (primary N) is 1. The van der Waals surface area contributed by atoms with Crippen molar-refractivity contribution in [1.82, 2.24) is 20.1 Å². The van der Waals surface area contributed by atoms with Gasteiger partial charge < -0.3 is 15.8 Å². The molecule has 3 N–H and O–H groups in total. The Morgan fingerprint density at radius 1 is 1.06 bits per heavy atom. The first-order valence-corrected chi connectivity index (χ1v) is 19.0. The fourth-order valence-electron chi connectivity index (χ4n) is 6.18. The standard InChI is InChI=1S/C37H39ClF5N5O4S/c1-36(2,3)52-35(49)46-27(17-19-15-20(39)18-21(40)16-19)30-28(24-11-12-25(38)29-31(24)48(47-34(29)44)33(43)32(41)42)23-10-8-7-9-22(23)26(45-30)13-14-37(4,5)53(6,50)51/h11-12,15-16,18,27,32-33H,7-10,17H2,1-6H3,(H2,44,47)(H,46,49)/t27-,33?/m0/s1. The van der Waals surface area contributed by atoms with Crippen LogP contribution in [0.25, 0.3) is 22.0 Å². The number of hydrogen-bond acceptors (Lipinski definition) is 7. The first kappa shape index (κ1) is 39.8. The van der Waals surface area contributed by atoms with Gasteiger partial charge in [0.1, 0.15) is 27.7 Å². The molecule has 5 rings (SSSR count). The molecule has 0 spiro atoms. The fourth-order valence-corrected chi connectivity index (χ4v) is 6.67. The Bertz CT molecular complexity index is 2240. The van der Waals surface area contributed by atoms with Crippen LogP contribution in [0.2, 0.25) is 5.02 Å². The van der Waals surface area contributed by atoms with Crippen molar-refractivity contribution in [1.29, 1.82) is 0 Å². The number of carbonyl (C=O) groups is 1. The van der Waals surface area contributed by atoms with Crippen molar-refractivity contribution in [3.63, 3.8) is 0 Å². The number of fused-ring (bicyclic) bond motifs is 2. The molecule has 4 aromatic rings. The molecule has 2 atom stereocenters. The van der Waals surface area contributed by atoms with E-state index in [1.54, 1.807) is 20.8 Å². The predicted molar refractivity (Wildman–Crippen MR) is 193 cm³/mol. The van der Waals surface area contributed by atoms with Crippen LogP contribution >= 0.6 is 11.6 Å². The lowest BCUT2D eigenvalue weighted by Crippen LogP contribution is -2.36. The molecule has 16 heteroatoms. The monoisotopic (exact) mass is 779 g/mol. The van der Waals surface area contributed by atoms with E-state index in [2.05, 4.69) is 22.3 Å². The topological polar surface area (TPSA) is 129 Å². The second-order valence-corrected chi connectivity index (χ2v) is 17.4. The molecule has 0 fully saturated rings. The minimum Gasteiger partial charge on any atom is -0.444 e. The molecule has 0 bridgehead atoms. The van der Waals surface area contributed by atoms with Crippen molar-refractivity contribution in [3.05, 3.63) is 75.1 Å². The van der Waals surface area contributed by atoms with Crippen molar-refractivity contribution >= 4 is 44.3 Å². The number of halogens is 6. The number of pyridine rings is 1. The van der Waals surface area contributed by atoms with E-state index in [0.29, 0.717) is 47.6 Å². The molecular weight excluding hydrogens is 741 g/mol. The number of alkyl halides is 3. The van der Waals surface area contributed by atoms with E-state index >= 15 is 4.39 Å². The molecule has 1 aliphatic rings. The van der Waals surface area contributed by atoms with E-state index in [-0.39, 0.29) is 56.2 Å². The lowest BCUT2D eigenvalue weighted by Gasteiger charge is -2.29. The summed E-state index contributed by atoms with van der Waals surface area (Å²) in [5, 5.41) is 6.65. The summed E-state index contributed by atoms with van der Waals surface area (Å²) in [6, 6.07) is 4.51. The van der Waals surface area contributed by atoms with E-state index in [1.807, 2.05) is 0 Å². The highest BCUT2D eigenvalue weighted by Crippen LogP contribution is 2.45. The number of ether oxygens (including phenoxy) is 1. The van der Waals surface area contributed by atoms with E-state index in [1.165, 1.54) is 26.0 Å². The lowest BCUT2D eigenvalue weighted by molar-refractivity contribution is 0.00366. The number of nitrogens with zero attached hydrogens (tertiary/aromatic N) is 3. The molecular formula is C37H39ClF5N5O4S. The van der Waals surface area contributed by atoms with Gasteiger partial charge in [0.15, 0.2) is 15.7 Å². The van der Waals surface area contributed by atoms with Crippen LogP contribution in [0.5, 0.6) is 0 Å². The Hall–Kier alpha value is -4.42. The molecule has 0 radical (unpaired) electrons. The summed E-state index contributed by atoms with van der Waals surface area (Å²) in [6.07, 6.45) is -4.44. The molecule has 0 saturated carbocycles. The van der Waals surface area contributed by atoms with Gasteiger partial charge in [-0.3, -0.25) is 0 Å². The fraction of sp³-hybridized carbons (Fsp3) is 0.432. The van der Waals surface area contributed by atoms with E-state index in [9.17, 15) is 30.8 Å². The zero-order valence-corrected chi connectivity index (χ0v) is 31.5. The van der Waals surface area contributed by atoms with Gasteiger partial charge in [0, 0.05) is 23.4 Å². The summed E-state index contributed by atoms with van der Waals surface area (Å²) in [4.78, 5) is 18.4. The van der Waals surface area contributed by atoms with Gasteiger partial charge in [-0.2, -0.15) is 5.10 Å². The third kappa shape index (κ3) is 8.54. The maximum Gasteiger partial charge on any atom is 0.408 e. The Kier molecular flexibility index (Phi) is 11.1. The molecule has 53 heavy (non-hydrogen) atoms. The van der Waals surface area contributed by atoms with Crippen LogP contribution in [-0.4, -0.2) is 52.3 Å². The number of nitrogen functional groups attached to an aromatic ring is 1. The van der Waals surface area contributed by atoms with Crippen LogP contribution in [0, 0.1) is 23.5 Å². The molecule has 9 nitrogen and oxygen atoms in total. The molecule has 284 valence electrons. The number of hydrogen-bond donors (Lipinski definition) is 2. The van der Waals surface area contributed by atoms with E-state index < -0.39 is 56.7 Å². The number of amides is 1. The predicted octanol–water partition coefficient (Wildman–Crippen LogP) is 8.21. The first-order valence-electron chi connectivity index (χ1n) is 16.7. The van der Waals surface area contributed by atoms with Gasteiger partial charge in [-0.15, -0.1) is 0 Å². The summed E-state index contributed by atoms with van der Waals surface area (Å²) in [5.74, 6) is 3.66. The Labute approximate surface area is 309 Å². The van der Waals surface area contributed by atoms with Crippen LogP contribution in [0.1, 0.15) is 87.9 Å². The summed E-state index contributed by atoms with van der Waals surface area (Å²) in [5.41, 5.74) is 6.94. The number of nitrogens with one attached hydrogen (secondary N) is 1. The molecule has 2 aromatic heterocycles. The number of sulfone groups is 1. The minimum atomic E-state index is -3.68. The largest absolute Gasteiger partial charge is 0.444 e. The molecule has 2 heterocycles. The van der Waals surface area contributed by atoms with E-state index in [4.69, 9.17) is 27.1 Å². The third-order valence-electron chi connectivity index (χ3n) is 8.87. The van der Waals surface area contributed by atoms with Gasteiger partial charge in [0.2, 0.25) is 0 Å². The maximum absolute atomic E-state index is 15.3. The van der Waals surface area contributed by atoms with E-state index in [0.717, 1.165) is 18.4 Å². The summed E-state index contributed by atoms with van der Waals surface area (Å²) < 4.78 is 102. The third-order valence-corrected chi connectivity index (χ3v) is 11.1. The second-order valence-electron chi connectivity index (χ2n) is 14.5. The van der Waals surface area contributed by atoms with Gasteiger partial charge in [-0.25, -0.2) is 44.8 Å². The van der Waals surface area contributed by atoms with Gasteiger partial charge in [0.05, 0.1) is 27.7 Å². The molecule has 2 aromatic carbocycles. The SMILES string of the molecule is CC(C)(C)OC(=O)N[C@@H](Cc1cc(F)cc(F)c1)c1nc(C#CC(C)(C)S(C)(=O)=O)c2c(c1-c1ccc(Cl)c3c(N)nn(C(F)C(F)F)c13)CCCC2. The van der Waals surface area contributed by atoms with Gasteiger partial charge in [-0.1, -0.05) is 23.6 Å². The maximum atomic E-state index is 15.3. The Balaban J connectivity index is 1.93. The van der Waals surface area contributed by atoms with Crippen LogP contribution in [0.3, 0.4) is 0 Å². The van der Waals surface area contributed by atoms with Crippen LogP contribution in [0.15, 0.2) is 30.3 Å².